The van der Waals surface area contributed by atoms with Crippen molar-refractivity contribution in [1.82, 2.24) is 15.2 Å². The van der Waals surface area contributed by atoms with Crippen molar-refractivity contribution in [2.75, 3.05) is 4.90 Å². The number of nitrogens with two attached hydrogens (primary N) is 1. The number of halogens is 1. The van der Waals surface area contributed by atoms with Crippen LogP contribution in [0.4, 0.5) is 5.95 Å². The van der Waals surface area contributed by atoms with Crippen LogP contribution in [-0.2, 0) is 4.79 Å². The van der Waals surface area contributed by atoms with Crippen LogP contribution in [0.25, 0.3) is 0 Å². The van der Waals surface area contributed by atoms with E-state index in [1.54, 1.807) is 4.90 Å². The van der Waals surface area contributed by atoms with Gasteiger partial charge in [-0.2, -0.15) is 15.3 Å². The van der Waals surface area contributed by atoms with Crippen molar-refractivity contribution in [2.45, 2.75) is 24.7 Å². The summed E-state index contributed by atoms with van der Waals surface area (Å²) in [5.41, 5.74) is 10.2. The van der Waals surface area contributed by atoms with E-state index in [1.165, 1.54) is 6.33 Å². The summed E-state index contributed by atoms with van der Waals surface area (Å²) in [5, 5.41) is 16.9. The van der Waals surface area contributed by atoms with E-state index in [-0.39, 0.29) is 17.5 Å². The van der Waals surface area contributed by atoms with Crippen LogP contribution >= 0.6 is 15.9 Å². The first-order chi connectivity index (χ1) is 15.6. The van der Waals surface area contributed by atoms with Crippen molar-refractivity contribution in [1.29, 1.82) is 5.26 Å². The number of rotatable bonds is 3. The standard InChI is InChI=1S/C24H19BrN6O/c25-17-8-6-15(7-9-17)21-18(12-26)23(27)31(24-28-13-29-30-24)19-10-16(11-20(32)22(19)21)14-4-2-1-3-5-14/h1-9,13,16,21H,10-11,27H2,(H,28,29,30)/t16-,21+/m1/s1. The summed E-state index contributed by atoms with van der Waals surface area (Å²) >= 11 is 3.46. The SMILES string of the molecule is N#CC1=C(N)N(c2ncn[nH]2)C2=C(C(=O)C[C@H](c3ccccc3)C2)[C@H]1c1ccc(Br)cc1. The van der Waals surface area contributed by atoms with Gasteiger partial charge in [0.15, 0.2) is 5.78 Å². The van der Waals surface area contributed by atoms with Gasteiger partial charge in [0.2, 0.25) is 5.95 Å². The zero-order chi connectivity index (χ0) is 22.2. The van der Waals surface area contributed by atoms with E-state index in [1.807, 2.05) is 54.6 Å². The third-order valence-corrected chi connectivity index (χ3v) is 6.58. The number of H-pyrrole nitrogens is 1. The van der Waals surface area contributed by atoms with Gasteiger partial charge in [-0.15, -0.1) is 0 Å². The van der Waals surface area contributed by atoms with Crippen molar-refractivity contribution < 1.29 is 4.79 Å². The summed E-state index contributed by atoms with van der Waals surface area (Å²) in [5.74, 6) is 0.148. The smallest absolute Gasteiger partial charge is 0.231 e. The molecule has 2 aromatic carbocycles. The van der Waals surface area contributed by atoms with Crippen LogP contribution < -0.4 is 10.6 Å². The fourth-order valence-electron chi connectivity index (χ4n) is 4.63. The Labute approximate surface area is 193 Å². The molecule has 0 amide bonds. The zero-order valence-electron chi connectivity index (χ0n) is 17.0. The van der Waals surface area contributed by atoms with Gasteiger partial charge in [-0.3, -0.25) is 9.69 Å². The van der Waals surface area contributed by atoms with Crippen molar-refractivity contribution in [2.24, 2.45) is 5.73 Å². The Balaban J connectivity index is 1.71. The van der Waals surface area contributed by atoms with Crippen LogP contribution in [0.2, 0.25) is 0 Å². The molecule has 32 heavy (non-hydrogen) atoms. The molecule has 0 saturated heterocycles. The van der Waals surface area contributed by atoms with Crippen molar-refractivity contribution in [3.63, 3.8) is 0 Å². The summed E-state index contributed by atoms with van der Waals surface area (Å²) in [4.78, 5) is 19.6. The van der Waals surface area contributed by atoms with Crippen molar-refractivity contribution in [3.8, 4) is 6.07 Å². The summed E-state index contributed by atoms with van der Waals surface area (Å²) in [7, 11) is 0. The lowest BCUT2D eigenvalue weighted by Gasteiger charge is -2.40. The second kappa shape index (κ2) is 8.09. The Hall–Kier alpha value is -3.70. The van der Waals surface area contributed by atoms with E-state index in [0.29, 0.717) is 29.9 Å². The van der Waals surface area contributed by atoms with Crippen LogP contribution in [-0.4, -0.2) is 21.0 Å². The maximum Gasteiger partial charge on any atom is 0.231 e. The van der Waals surface area contributed by atoms with Crippen LogP contribution in [0.15, 0.2) is 88.1 Å². The van der Waals surface area contributed by atoms with E-state index in [0.717, 1.165) is 21.3 Å². The molecule has 0 fully saturated rings. The maximum atomic E-state index is 13.6. The molecule has 0 saturated carbocycles. The normalized spacial score (nSPS) is 20.9. The molecule has 5 rings (SSSR count). The number of Topliss-reactive ketones (excluding diaryl/α,β-unsaturated/α-hetero) is 1. The molecular formula is C24H19BrN6O. The van der Waals surface area contributed by atoms with E-state index in [9.17, 15) is 10.1 Å². The van der Waals surface area contributed by atoms with Crippen molar-refractivity contribution >= 4 is 27.7 Å². The predicted molar refractivity (Wildman–Crippen MR) is 123 cm³/mol. The van der Waals surface area contributed by atoms with Crippen LogP contribution in [0, 0.1) is 11.3 Å². The van der Waals surface area contributed by atoms with Gasteiger partial charge in [0.25, 0.3) is 0 Å². The molecule has 3 N–H and O–H groups in total. The fraction of sp³-hybridized carbons (Fsp3) is 0.167. The lowest BCUT2D eigenvalue weighted by Crippen LogP contribution is -2.40. The largest absolute Gasteiger partial charge is 0.384 e. The maximum absolute atomic E-state index is 13.6. The van der Waals surface area contributed by atoms with Gasteiger partial charge in [-0.05, 0) is 35.6 Å². The first-order valence-corrected chi connectivity index (χ1v) is 11.0. The fourth-order valence-corrected chi connectivity index (χ4v) is 4.89. The number of hydrogen-bond donors (Lipinski definition) is 2. The Morgan fingerprint density at radius 2 is 1.84 bits per heavy atom. The summed E-state index contributed by atoms with van der Waals surface area (Å²) in [6.45, 7) is 0. The summed E-state index contributed by atoms with van der Waals surface area (Å²) in [6.07, 6.45) is 2.35. The number of aromatic amines is 1. The highest BCUT2D eigenvalue weighted by molar-refractivity contribution is 9.10. The third kappa shape index (κ3) is 3.31. The molecule has 8 heteroatoms. The highest BCUT2D eigenvalue weighted by Crippen LogP contribution is 2.48. The number of nitrogens with one attached hydrogen (secondary N) is 1. The predicted octanol–water partition coefficient (Wildman–Crippen LogP) is 4.27. The molecule has 2 aliphatic rings. The molecule has 1 aromatic heterocycles. The molecule has 2 atom stereocenters. The average Bonchev–Trinajstić information content (AvgIpc) is 3.34. The molecular weight excluding hydrogens is 468 g/mol. The van der Waals surface area contributed by atoms with E-state index < -0.39 is 5.92 Å². The molecule has 0 unspecified atom stereocenters. The summed E-state index contributed by atoms with van der Waals surface area (Å²) < 4.78 is 0.920. The molecule has 1 aliphatic carbocycles. The molecule has 0 radical (unpaired) electrons. The number of hydrogen-bond acceptors (Lipinski definition) is 6. The number of anilines is 1. The highest BCUT2D eigenvalue weighted by Gasteiger charge is 2.43. The molecule has 3 aromatic rings. The minimum Gasteiger partial charge on any atom is -0.384 e. The monoisotopic (exact) mass is 486 g/mol. The molecule has 2 heterocycles. The van der Waals surface area contributed by atoms with Crippen LogP contribution in [0.3, 0.4) is 0 Å². The second-order valence-electron chi connectivity index (χ2n) is 7.84. The third-order valence-electron chi connectivity index (χ3n) is 6.06. The van der Waals surface area contributed by atoms with Gasteiger partial charge in [-0.25, -0.2) is 5.10 Å². The molecule has 0 bridgehead atoms. The first kappa shape index (κ1) is 20.2. The number of carbonyl (C=O) groups is 1. The molecule has 158 valence electrons. The van der Waals surface area contributed by atoms with Gasteiger partial charge in [-0.1, -0.05) is 58.4 Å². The van der Waals surface area contributed by atoms with Gasteiger partial charge >= 0.3 is 0 Å². The lowest BCUT2D eigenvalue weighted by atomic mass is 9.72. The number of aromatic nitrogens is 3. The number of nitrogens with zero attached hydrogens (tertiary/aromatic N) is 4. The Morgan fingerprint density at radius 1 is 1.09 bits per heavy atom. The Kier molecular flexibility index (Phi) is 5.11. The van der Waals surface area contributed by atoms with Crippen LogP contribution in [0.1, 0.15) is 35.8 Å². The summed E-state index contributed by atoms with van der Waals surface area (Å²) in [6, 6.07) is 19.9. The van der Waals surface area contributed by atoms with Crippen molar-refractivity contribution in [3.05, 3.63) is 99.2 Å². The van der Waals surface area contributed by atoms with E-state index in [2.05, 4.69) is 37.2 Å². The molecule has 0 spiro atoms. The Morgan fingerprint density at radius 3 is 2.50 bits per heavy atom. The number of benzene rings is 2. The average molecular weight is 487 g/mol. The lowest BCUT2D eigenvalue weighted by molar-refractivity contribution is -0.116. The number of ketones is 1. The molecule has 1 aliphatic heterocycles. The minimum atomic E-state index is -0.522. The molecule has 7 nitrogen and oxygen atoms in total. The number of allylic oxidation sites excluding steroid dienone is 3. The van der Waals surface area contributed by atoms with Gasteiger partial charge in [0.1, 0.15) is 12.1 Å². The van der Waals surface area contributed by atoms with Gasteiger partial charge in [0.05, 0.1) is 17.6 Å². The number of nitriles is 1. The van der Waals surface area contributed by atoms with E-state index >= 15 is 0 Å². The first-order valence-electron chi connectivity index (χ1n) is 10.2. The topological polar surface area (TPSA) is 112 Å². The minimum absolute atomic E-state index is 0.00914. The number of carbonyl (C=O) groups excluding carboxylic acids is 1. The van der Waals surface area contributed by atoms with Gasteiger partial charge < -0.3 is 5.73 Å². The zero-order valence-corrected chi connectivity index (χ0v) is 18.6. The quantitative estimate of drug-likeness (QED) is 0.571. The van der Waals surface area contributed by atoms with Crippen LogP contribution in [0.5, 0.6) is 0 Å². The second-order valence-corrected chi connectivity index (χ2v) is 8.75. The Bertz CT molecular complexity index is 1270. The van der Waals surface area contributed by atoms with Gasteiger partial charge in [0, 0.05) is 22.2 Å². The highest BCUT2D eigenvalue weighted by atomic mass is 79.9. The van der Waals surface area contributed by atoms with E-state index in [4.69, 9.17) is 5.73 Å².